The van der Waals surface area contributed by atoms with Crippen molar-refractivity contribution in [1.82, 2.24) is 4.31 Å². The fourth-order valence-electron chi connectivity index (χ4n) is 2.89. The smallest absolute Gasteiger partial charge is 0.257 e. The van der Waals surface area contributed by atoms with Gasteiger partial charge in [0.2, 0.25) is 10.0 Å². The second-order valence-electron chi connectivity index (χ2n) is 6.19. The van der Waals surface area contributed by atoms with E-state index < -0.39 is 15.9 Å². The second-order valence-corrected chi connectivity index (χ2v) is 9.35. The average Bonchev–Trinajstić information content (AvgIpc) is 2.65. The van der Waals surface area contributed by atoms with Gasteiger partial charge in [-0.2, -0.15) is 4.31 Å². The van der Waals surface area contributed by atoms with E-state index in [1.54, 1.807) is 6.07 Å². The standard InChI is InChI=1S/C18H17Cl3N2O3S/c19-12-4-6-15(20)14(10-12)18(24)22-13-5-7-16(21)17(11-13)27(25,26)23-8-2-1-3-9-23/h4-7,10-11H,1-3,8-9H2,(H,22,24). The van der Waals surface area contributed by atoms with Gasteiger partial charge in [0.1, 0.15) is 4.90 Å². The lowest BCUT2D eigenvalue weighted by Crippen LogP contribution is -2.35. The Labute approximate surface area is 173 Å². The van der Waals surface area contributed by atoms with E-state index in [2.05, 4.69) is 5.32 Å². The first-order valence-electron chi connectivity index (χ1n) is 8.35. The Balaban J connectivity index is 1.89. The summed E-state index contributed by atoms with van der Waals surface area (Å²) in [6, 6.07) is 8.89. The van der Waals surface area contributed by atoms with Crippen LogP contribution in [-0.4, -0.2) is 31.7 Å². The van der Waals surface area contributed by atoms with Crippen molar-refractivity contribution in [2.75, 3.05) is 18.4 Å². The van der Waals surface area contributed by atoms with Gasteiger partial charge < -0.3 is 5.32 Å². The largest absolute Gasteiger partial charge is 0.322 e. The van der Waals surface area contributed by atoms with E-state index in [0.717, 1.165) is 19.3 Å². The molecule has 0 radical (unpaired) electrons. The molecule has 2 aromatic rings. The molecule has 1 saturated heterocycles. The van der Waals surface area contributed by atoms with Gasteiger partial charge in [-0.05, 0) is 49.2 Å². The number of nitrogens with one attached hydrogen (secondary N) is 1. The first-order valence-corrected chi connectivity index (χ1v) is 10.9. The van der Waals surface area contributed by atoms with Crippen LogP contribution in [0.2, 0.25) is 15.1 Å². The molecule has 9 heteroatoms. The van der Waals surface area contributed by atoms with Crippen molar-refractivity contribution in [2.24, 2.45) is 0 Å². The van der Waals surface area contributed by atoms with Gasteiger partial charge in [0.15, 0.2) is 0 Å². The number of piperidine rings is 1. The van der Waals surface area contributed by atoms with Crippen LogP contribution in [0.1, 0.15) is 29.6 Å². The predicted octanol–water partition coefficient (Wildman–Crippen LogP) is 5.07. The maximum atomic E-state index is 12.9. The van der Waals surface area contributed by atoms with Gasteiger partial charge in [0, 0.05) is 23.8 Å². The third-order valence-electron chi connectivity index (χ3n) is 4.29. The van der Waals surface area contributed by atoms with Crippen molar-refractivity contribution in [1.29, 1.82) is 0 Å². The zero-order valence-corrected chi connectivity index (χ0v) is 17.3. The Morgan fingerprint density at radius 3 is 2.30 bits per heavy atom. The monoisotopic (exact) mass is 446 g/mol. The first kappa shape index (κ1) is 20.4. The summed E-state index contributed by atoms with van der Waals surface area (Å²) in [5, 5.41) is 3.37. The van der Waals surface area contributed by atoms with Crippen LogP contribution in [0, 0.1) is 0 Å². The van der Waals surface area contributed by atoms with E-state index in [0.29, 0.717) is 23.8 Å². The number of carbonyl (C=O) groups is 1. The summed E-state index contributed by atoms with van der Waals surface area (Å²) in [4.78, 5) is 12.5. The van der Waals surface area contributed by atoms with Crippen LogP contribution in [0.15, 0.2) is 41.3 Å². The molecule has 1 aliphatic heterocycles. The van der Waals surface area contributed by atoms with Crippen LogP contribution >= 0.6 is 34.8 Å². The van der Waals surface area contributed by atoms with Gasteiger partial charge in [-0.25, -0.2) is 8.42 Å². The quantitative estimate of drug-likeness (QED) is 0.711. The molecule has 0 saturated carbocycles. The van der Waals surface area contributed by atoms with Crippen LogP contribution in [0.4, 0.5) is 5.69 Å². The number of benzene rings is 2. The third-order valence-corrected chi connectivity index (χ3v) is 7.24. The summed E-state index contributed by atoms with van der Waals surface area (Å²) in [6.07, 6.45) is 2.65. The summed E-state index contributed by atoms with van der Waals surface area (Å²) in [6.45, 7) is 0.931. The van der Waals surface area contributed by atoms with Crippen LogP contribution < -0.4 is 5.32 Å². The summed E-state index contributed by atoms with van der Waals surface area (Å²) in [5.74, 6) is -0.494. The minimum absolute atomic E-state index is 0.0268. The highest BCUT2D eigenvalue weighted by molar-refractivity contribution is 7.89. The third kappa shape index (κ3) is 4.58. The fraction of sp³-hybridized carbons (Fsp3) is 0.278. The van der Waals surface area contributed by atoms with Crippen molar-refractivity contribution in [2.45, 2.75) is 24.2 Å². The predicted molar refractivity (Wildman–Crippen MR) is 108 cm³/mol. The van der Waals surface area contributed by atoms with Gasteiger partial charge in [-0.3, -0.25) is 4.79 Å². The van der Waals surface area contributed by atoms with E-state index >= 15 is 0 Å². The molecule has 1 aliphatic rings. The minimum atomic E-state index is -3.73. The Bertz CT molecular complexity index is 974. The second kappa shape index (κ2) is 8.37. The molecule has 1 N–H and O–H groups in total. The zero-order chi connectivity index (χ0) is 19.6. The molecule has 1 fully saturated rings. The van der Waals surface area contributed by atoms with Gasteiger partial charge >= 0.3 is 0 Å². The van der Waals surface area contributed by atoms with Crippen LogP contribution in [0.25, 0.3) is 0 Å². The number of nitrogens with zero attached hydrogens (tertiary/aromatic N) is 1. The Morgan fingerprint density at radius 1 is 0.926 bits per heavy atom. The Kier molecular flexibility index (Phi) is 6.33. The Morgan fingerprint density at radius 2 is 1.59 bits per heavy atom. The lowest BCUT2D eigenvalue weighted by atomic mass is 10.2. The summed E-state index contributed by atoms with van der Waals surface area (Å²) < 4.78 is 27.2. The zero-order valence-electron chi connectivity index (χ0n) is 14.2. The van der Waals surface area contributed by atoms with Crippen molar-refractivity contribution in [3.63, 3.8) is 0 Å². The molecule has 2 aromatic carbocycles. The number of amides is 1. The number of anilines is 1. The molecule has 0 atom stereocenters. The SMILES string of the molecule is O=C(Nc1ccc(Cl)c(S(=O)(=O)N2CCCCC2)c1)c1cc(Cl)ccc1Cl. The highest BCUT2D eigenvalue weighted by atomic mass is 35.5. The highest BCUT2D eigenvalue weighted by Gasteiger charge is 2.28. The molecule has 27 heavy (non-hydrogen) atoms. The molecule has 0 spiro atoms. The molecule has 0 aromatic heterocycles. The van der Waals surface area contributed by atoms with E-state index in [-0.39, 0.29) is 20.5 Å². The van der Waals surface area contributed by atoms with Gasteiger partial charge in [-0.1, -0.05) is 41.2 Å². The molecule has 5 nitrogen and oxygen atoms in total. The number of hydrogen-bond donors (Lipinski definition) is 1. The molecular formula is C18H17Cl3N2O3S. The Hall–Kier alpha value is -1.31. The van der Waals surface area contributed by atoms with Crippen molar-refractivity contribution in [3.8, 4) is 0 Å². The minimum Gasteiger partial charge on any atom is -0.322 e. The van der Waals surface area contributed by atoms with Crippen LogP contribution in [-0.2, 0) is 10.0 Å². The van der Waals surface area contributed by atoms with Crippen molar-refractivity contribution < 1.29 is 13.2 Å². The molecule has 3 rings (SSSR count). The number of rotatable bonds is 4. The van der Waals surface area contributed by atoms with E-state index in [9.17, 15) is 13.2 Å². The molecule has 1 amide bonds. The highest BCUT2D eigenvalue weighted by Crippen LogP contribution is 2.30. The summed E-state index contributed by atoms with van der Waals surface area (Å²) in [7, 11) is -3.73. The number of halogens is 3. The lowest BCUT2D eigenvalue weighted by Gasteiger charge is -2.26. The van der Waals surface area contributed by atoms with Crippen molar-refractivity contribution in [3.05, 3.63) is 57.0 Å². The molecule has 0 unspecified atom stereocenters. The molecule has 144 valence electrons. The maximum absolute atomic E-state index is 12.9. The summed E-state index contributed by atoms with van der Waals surface area (Å²) in [5.41, 5.74) is 0.496. The first-order chi connectivity index (χ1) is 12.8. The average molecular weight is 448 g/mol. The molecular weight excluding hydrogens is 431 g/mol. The number of carbonyl (C=O) groups excluding carboxylic acids is 1. The maximum Gasteiger partial charge on any atom is 0.257 e. The van der Waals surface area contributed by atoms with Gasteiger partial charge in [-0.15, -0.1) is 0 Å². The number of hydrogen-bond acceptors (Lipinski definition) is 3. The normalized spacial score (nSPS) is 15.5. The molecule has 1 heterocycles. The van der Waals surface area contributed by atoms with Crippen molar-refractivity contribution >= 4 is 56.4 Å². The van der Waals surface area contributed by atoms with E-state index in [1.165, 1.54) is 34.6 Å². The molecule has 0 aliphatic carbocycles. The fourth-order valence-corrected chi connectivity index (χ4v) is 5.29. The van der Waals surface area contributed by atoms with E-state index in [4.69, 9.17) is 34.8 Å². The van der Waals surface area contributed by atoms with Crippen LogP contribution in [0.3, 0.4) is 0 Å². The molecule has 0 bridgehead atoms. The van der Waals surface area contributed by atoms with Crippen LogP contribution in [0.5, 0.6) is 0 Å². The van der Waals surface area contributed by atoms with Gasteiger partial charge in [0.05, 0.1) is 15.6 Å². The number of sulfonamides is 1. The lowest BCUT2D eigenvalue weighted by molar-refractivity contribution is 0.102. The topological polar surface area (TPSA) is 66.5 Å². The van der Waals surface area contributed by atoms with E-state index in [1.807, 2.05) is 0 Å². The summed E-state index contributed by atoms with van der Waals surface area (Å²) >= 11 is 18.1. The van der Waals surface area contributed by atoms with Gasteiger partial charge in [0.25, 0.3) is 5.91 Å².